The van der Waals surface area contributed by atoms with Crippen LogP contribution in [0.15, 0.2) is 30.0 Å². The van der Waals surface area contributed by atoms with Crippen molar-refractivity contribution in [3.05, 3.63) is 41.1 Å². The van der Waals surface area contributed by atoms with Crippen LogP contribution >= 0.6 is 0 Å². The van der Waals surface area contributed by atoms with Crippen LogP contribution < -0.4 is 10.6 Å². The minimum Gasteiger partial charge on any atom is -0.384 e. The van der Waals surface area contributed by atoms with Gasteiger partial charge in [-0.1, -0.05) is 24.3 Å². The van der Waals surface area contributed by atoms with E-state index in [4.69, 9.17) is 0 Å². The summed E-state index contributed by atoms with van der Waals surface area (Å²) in [7, 11) is 0. The molecule has 0 aliphatic carbocycles. The Morgan fingerprint density at radius 2 is 2.13 bits per heavy atom. The Hall–Kier alpha value is -1.28. The molecular weight excluding hydrogens is 184 g/mol. The largest absolute Gasteiger partial charge is 0.384 e. The molecule has 1 saturated heterocycles. The quantitative estimate of drug-likeness (QED) is 0.721. The monoisotopic (exact) mass is 200 g/mol. The van der Waals surface area contributed by atoms with Crippen molar-refractivity contribution in [1.29, 1.82) is 0 Å². The topological polar surface area (TPSA) is 24.1 Å². The second kappa shape index (κ2) is 3.70. The maximum atomic E-state index is 3.54. The molecule has 0 spiro atoms. The summed E-state index contributed by atoms with van der Waals surface area (Å²) in [6.45, 7) is 3.27. The van der Waals surface area contributed by atoms with Crippen molar-refractivity contribution in [3.63, 3.8) is 0 Å². The van der Waals surface area contributed by atoms with Gasteiger partial charge in [0.05, 0.1) is 0 Å². The highest BCUT2D eigenvalue weighted by molar-refractivity contribution is 5.59. The Kier molecular flexibility index (Phi) is 2.22. The molecule has 2 N–H and O–H groups in total. The SMILES string of the molecule is C1=C(C2CCNC2)NCc2ccccc21. The van der Waals surface area contributed by atoms with Gasteiger partial charge in [-0.25, -0.2) is 0 Å². The number of nitrogens with one attached hydrogen (secondary N) is 2. The minimum absolute atomic E-state index is 0.693. The average molecular weight is 200 g/mol. The molecule has 1 unspecified atom stereocenters. The van der Waals surface area contributed by atoms with E-state index in [1.165, 1.54) is 23.2 Å². The van der Waals surface area contributed by atoms with E-state index in [0.29, 0.717) is 5.92 Å². The highest BCUT2D eigenvalue weighted by Crippen LogP contribution is 2.24. The molecule has 0 radical (unpaired) electrons. The Morgan fingerprint density at radius 3 is 3.00 bits per heavy atom. The molecule has 1 fully saturated rings. The van der Waals surface area contributed by atoms with E-state index in [2.05, 4.69) is 41.0 Å². The summed E-state index contributed by atoms with van der Waals surface area (Å²) in [5, 5.41) is 6.95. The van der Waals surface area contributed by atoms with Crippen molar-refractivity contribution in [1.82, 2.24) is 10.6 Å². The lowest BCUT2D eigenvalue weighted by Gasteiger charge is -2.22. The molecule has 2 aliphatic heterocycles. The van der Waals surface area contributed by atoms with E-state index in [-0.39, 0.29) is 0 Å². The first-order valence-corrected chi connectivity index (χ1v) is 5.67. The van der Waals surface area contributed by atoms with Crippen LogP contribution in [0.4, 0.5) is 0 Å². The molecule has 15 heavy (non-hydrogen) atoms. The Balaban J connectivity index is 1.91. The van der Waals surface area contributed by atoms with E-state index in [1.807, 2.05) is 0 Å². The fourth-order valence-corrected chi connectivity index (χ4v) is 2.43. The standard InChI is InChI=1S/C13H16N2/c1-2-4-11-9-15-13(7-10(11)3-1)12-5-6-14-8-12/h1-4,7,12,14-15H,5-6,8-9H2. The van der Waals surface area contributed by atoms with Gasteiger partial charge in [-0.3, -0.25) is 0 Å². The van der Waals surface area contributed by atoms with Crippen molar-refractivity contribution in [2.75, 3.05) is 13.1 Å². The number of hydrogen-bond donors (Lipinski definition) is 2. The highest BCUT2D eigenvalue weighted by Gasteiger charge is 2.21. The fraction of sp³-hybridized carbons (Fsp3) is 0.385. The van der Waals surface area contributed by atoms with Gasteiger partial charge < -0.3 is 10.6 Å². The summed E-state index contributed by atoms with van der Waals surface area (Å²) >= 11 is 0. The first-order chi connectivity index (χ1) is 7.43. The molecule has 78 valence electrons. The molecule has 0 amide bonds. The number of rotatable bonds is 1. The molecular formula is C13H16N2. The first kappa shape index (κ1) is 8.98. The molecule has 1 aromatic carbocycles. The van der Waals surface area contributed by atoms with Crippen LogP contribution in [0.3, 0.4) is 0 Å². The third-order valence-corrected chi connectivity index (χ3v) is 3.35. The minimum atomic E-state index is 0.693. The van der Waals surface area contributed by atoms with Crippen molar-refractivity contribution >= 4 is 6.08 Å². The lowest BCUT2D eigenvalue weighted by Crippen LogP contribution is -2.24. The van der Waals surface area contributed by atoms with Crippen LogP contribution in [0.2, 0.25) is 0 Å². The van der Waals surface area contributed by atoms with Gasteiger partial charge in [-0.05, 0) is 30.2 Å². The zero-order chi connectivity index (χ0) is 10.1. The van der Waals surface area contributed by atoms with Crippen LogP contribution in [0.5, 0.6) is 0 Å². The van der Waals surface area contributed by atoms with Crippen molar-refractivity contribution < 1.29 is 0 Å². The third kappa shape index (κ3) is 1.65. The van der Waals surface area contributed by atoms with Gasteiger partial charge in [0.15, 0.2) is 0 Å². The predicted molar refractivity (Wildman–Crippen MR) is 62.2 cm³/mol. The fourth-order valence-electron chi connectivity index (χ4n) is 2.43. The summed E-state index contributed by atoms with van der Waals surface area (Å²) in [6, 6.07) is 8.63. The summed E-state index contributed by atoms with van der Waals surface area (Å²) in [6.07, 6.45) is 3.58. The number of hydrogen-bond acceptors (Lipinski definition) is 2. The number of fused-ring (bicyclic) bond motifs is 1. The maximum Gasteiger partial charge on any atom is 0.0403 e. The van der Waals surface area contributed by atoms with Crippen LogP contribution in [0.25, 0.3) is 6.08 Å². The molecule has 1 aromatic rings. The van der Waals surface area contributed by atoms with Gasteiger partial charge in [-0.15, -0.1) is 0 Å². The molecule has 2 heterocycles. The summed E-state index contributed by atoms with van der Waals surface area (Å²) < 4.78 is 0. The molecule has 2 heteroatoms. The molecule has 1 atom stereocenters. The Labute approximate surface area is 90.4 Å². The van der Waals surface area contributed by atoms with Gasteiger partial charge in [0.25, 0.3) is 0 Å². The van der Waals surface area contributed by atoms with Crippen LogP contribution in [-0.2, 0) is 6.54 Å². The van der Waals surface area contributed by atoms with E-state index >= 15 is 0 Å². The third-order valence-electron chi connectivity index (χ3n) is 3.35. The summed E-state index contributed by atoms with van der Waals surface area (Å²) in [5.74, 6) is 0.693. The maximum absolute atomic E-state index is 3.54. The Bertz CT molecular complexity index is 389. The lowest BCUT2D eigenvalue weighted by molar-refractivity contribution is 0.603. The zero-order valence-electron chi connectivity index (χ0n) is 8.79. The van der Waals surface area contributed by atoms with E-state index in [1.54, 1.807) is 0 Å². The highest BCUT2D eigenvalue weighted by atomic mass is 15.0. The van der Waals surface area contributed by atoms with E-state index < -0.39 is 0 Å². The van der Waals surface area contributed by atoms with E-state index in [0.717, 1.165) is 19.6 Å². The van der Waals surface area contributed by atoms with Crippen LogP contribution in [0, 0.1) is 5.92 Å². The normalized spacial score (nSPS) is 24.3. The van der Waals surface area contributed by atoms with Crippen LogP contribution in [-0.4, -0.2) is 13.1 Å². The molecule has 0 bridgehead atoms. The number of benzene rings is 1. The predicted octanol–water partition coefficient (Wildman–Crippen LogP) is 1.74. The smallest absolute Gasteiger partial charge is 0.0403 e. The van der Waals surface area contributed by atoms with Crippen LogP contribution in [0.1, 0.15) is 17.5 Å². The zero-order valence-corrected chi connectivity index (χ0v) is 8.79. The summed E-state index contributed by atoms with van der Waals surface area (Å²) in [5.41, 5.74) is 4.21. The second-order valence-corrected chi connectivity index (χ2v) is 4.34. The van der Waals surface area contributed by atoms with Gasteiger partial charge in [0, 0.05) is 24.7 Å². The van der Waals surface area contributed by atoms with Crippen molar-refractivity contribution in [3.8, 4) is 0 Å². The van der Waals surface area contributed by atoms with Crippen molar-refractivity contribution in [2.45, 2.75) is 13.0 Å². The van der Waals surface area contributed by atoms with Gasteiger partial charge in [0.1, 0.15) is 0 Å². The van der Waals surface area contributed by atoms with Gasteiger partial charge >= 0.3 is 0 Å². The van der Waals surface area contributed by atoms with E-state index in [9.17, 15) is 0 Å². The molecule has 0 aromatic heterocycles. The van der Waals surface area contributed by atoms with Gasteiger partial charge in [0.2, 0.25) is 0 Å². The molecule has 3 rings (SSSR count). The average Bonchev–Trinajstić information content (AvgIpc) is 2.82. The lowest BCUT2D eigenvalue weighted by atomic mass is 9.96. The molecule has 2 nitrogen and oxygen atoms in total. The first-order valence-electron chi connectivity index (χ1n) is 5.67. The molecule has 0 saturated carbocycles. The van der Waals surface area contributed by atoms with Gasteiger partial charge in [-0.2, -0.15) is 0 Å². The summed E-state index contributed by atoms with van der Waals surface area (Å²) in [4.78, 5) is 0. The second-order valence-electron chi connectivity index (χ2n) is 4.34. The van der Waals surface area contributed by atoms with Crippen molar-refractivity contribution in [2.24, 2.45) is 5.92 Å². The molecule has 2 aliphatic rings. The Morgan fingerprint density at radius 1 is 1.20 bits per heavy atom.